The number of carbonyl (C=O) groups is 2. The number of nitriles is 1. The summed E-state index contributed by atoms with van der Waals surface area (Å²) in [4.78, 5) is 28.1. The lowest BCUT2D eigenvalue weighted by Crippen LogP contribution is -2.35. The van der Waals surface area contributed by atoms with Crippen LogP contribution in [0.4, 0.5) is 17.1 Å². The number of nitrogens with zero attached hydrogens (tertiary/aromatic N) is 2. The second kappa shape index (κ2) is 12.5. The third kappa shape index (κ3) is 6.58. The first-order chi connectivity index (χ1) is 20.9. The lowest BCUT2D eigenvalue weighted by Gasteiger charge is -2.31. The first-order valence-electron chi connectivity index (χ1n) is 14.7. The summed E-state index contributed by atoms with van der Waals surface area (Å²) >= 11 is 0. The van der Waals surface area contributed by atoms with Crippen molar-refractivity contribution >= 4 is 34.7 Å². The average molecular weight is 568 g/mol. The molecule has 43 heavy (non-hydrogen) atoms. The van der Waals surface area contributed by atoms with Gasteiger partial charge in [0.2, 0.25) is 0 Å². The molecule has 6 nitrogen and oxygen atoms in total. The number of hydrogen-bond donors (Lipinski definition) is 2. The van der Waals surface area contributed by atoms with E-state index in [-0.39, 0.29) is 24.1 Å². The molecule has 0 radical (unpaired) electrons. The largest absolute Gasteiger partial charge is 0.393 e. The molecule has 214 valence electrons. The molecule has 1 heterocycles. The molecule has 4 aromatic rings. The smallest absolute Gasteiger partial charge is 0.167 e. The van der Waals surface area contributed by atoms with Crippen LogP contribution < -0.4 is 10.2 Å². The Hall–Kier alpha value is -4.99. The molecule has 0 bridgehead atoms. The Labute approximate surface area is 251 Å². The highest BCUT2D eigenvalue weighted by atomic mass is 16.3. The zero-order valence-corrected chi connectivity index (χ0v) is 23.9. The van der Waals surface area contributed by atoms with Gasteiger partial charge in [0.05, 0.1) is 17.4 Å². The minimum absolute atomic E-state index is 0.00768. The number of benzene rings is 4. The number of Topliss-reactive ketones (excluding diaryl/α,β-unsaturated/α-hetero) is 2. The quantitative estimate of drug-likeness (QED) is 0.219. The summed E-state index contributed by atoms with van der Waals surface area (Å²) in [5.41, 5.74) is 8.41. The normalized spacial score (nSPS) is 14.3. The molecule has 6 rings (SSSR count). The van der Waals surface area contributed by atoms with Gasteiger partial charge in [-0.15, -0.1) is 0 Å². The zero-order chi connectivity index (χ0) is 29.8. The monoisotopic (exact) mass is 567 g/mol. The summed E-state index contributed by atoms with van der Waals surface area (Å²) in [5, 5.41) is 22.9. The van der Waals surface area contributed by atoms with Crippen LogP contribution in [0.3, 0.4) is 0 Å². The van der Waals surface area contributed by atoms with E-state index in [1.165, 1.54) is 5.56 Å². The molecule has 0 unspecified atom stereocenters. The number of nitrogens with one attached hydrogen (secondary N) is 1. The van der Waals surface area contributed by atoms with Crippen LogP contribution >= 0.6 is 0 Å². The molecule has 0 aromatic heterocycles. The highest BCUT2D eigenvalue weighted by Gasteiger charge is 2.18. The molecule has 0 atom stereocenters. The molecule has 1 aliphatic carbocycles. The number of ketones is 2. The Morgan fingerprint density at radius 1 is 0.837 bits per heavy atom. The summed E-state index contributed by atoms with van der Waals surface area (Å²) in [5.74, 6) is 0.0751. The Morgan fingerprint density at radius 3 is 2.26 bits per heavy atom. The maximum Gasteiger partial charge on any atom is 0.167 e. The number of fused-ring (bicyclic) bond motifs is 1. The van der Waals surface area contributed by atoms with E-state index in [4.69, 9.17) is 0 Å². The molecule has 1 saturated heterocycles. The molecule has 4 aromatic carbocycles. The summed E-state index contributed by atoms with van der Waals surface area (Å²) in [6, 6.07) is 28.9. The lowest BCUT2D eigenvalue weighted by molar-refractivity contribution is 0.0984. The van der Waals surface area contributed by atoms with E-state index in [1.807, 2.05) is 78.9 Å². The fourth-order valence-corrected chi connectivity index (χ4v) is 5.74. The Morgan fingerprint density at radius 2 is 1.51 bits per heavy atom. The van der Waals surface area contributed by atoms with E-state index in [2.05, 4.69) is 28.4 Å². The fourth-order valence-electron chi connectivity index (χ4n) is 5.74. The van der Waals surface area contributed by atoms with Crippen molar-refractivity contribution in [2.24, 2.45) is 0 Å². The van der Waals surface area contributed by atoms with Crippen molar-refractivity contribution in [3.05, 3.63) is 130 Å². The number of aliphatic hydroxyl groups excluding tert-OH is 1. The SMILES string of the molecule is N#Cc1cc(CC(=O)c2ccc(N3CCC(O)CC3)cc2)ccc1Nc1ccc(CC(=O)c2ccc3c(c2)C=CC3)cc1. The van der Waals surface area contributed by atoms with Crippen LogP contribution in [0.5, 0.6) is 0 Å². The molecule has 0 saturated carbocycles. The van der Waals surface area contributed by atoms with Gasteiger partial charge in [0.15, 0.2) is 11.6 Å². The maximum atomic E-state index is 13.0. The highest BCUT2D eigenvalue weighted by molar-refractivity contribution is 5.99. The van der Waals surface area contributed by atoms with Gasteiger partial charge < -0.3 is 15.3 Å². The number of piperidine rings is 1. The van der Waals surface area contributed by atoms with E-state index in [0.29, 0.717) is 23.2 Å². The van der Waals surface area contributed by atoms with Crippen molar-refractivity contribution < 1.29 is 14.7 Å². The van der Waals surface area contributed by atoms with Gasteiger partial charge in [-0.2, -0.15) is 5.26 Å². The standard InChI is InChI=1S/C37H33N3O3/c38-24-31-20-26(22-36(42)28-9-13-33(14-10-28)40-18-16-34(41)17-19-40)6-15-35(31)39-32-11-4-25(5-12-32)21-37(43)30-8-7-27-2-1-3-29(27)23-30/h1,3-15,20,23,34,39,41H,2,16-19,21-22H2. The maximum absolute atomic E-state index is 13.0. The predicted molar refractivity (Wildman–Crippen MR) is 170 cm³/mol. The minimum Gasteiger partial charge on any atom is -0.393 e. The van der Waals surface area contributed by atoms with E-state index in [0.717, 1.165) is 66.0 Å². The van der Waals surface area contributed by atoms with E-state index in [1.54, 1.807) is 6.07 Å². The molecule has 1 aliphatic heterocycles. The molecule has 6 heteroatoms. The molecule has 2 N–H and O–H groups in total. The van der Waals surface area contributed by atoms with Crippen LogP contribution in [0, 0.1) is 11.3 Å². The van der Waals surface area contributed by atoms with Gasteiger partial charge in [-0.1, -0.05) is 42.5 Å². The van der Waals surface area contributed by atoms with Crippen molar-refractivity contribution in [2.45, 2.75) is 38.2 Å². The minimum atomic E-state index is -0.224. The van der Waals surface area contributed by atoms with Crippen molar-refractivity contribution in [3.8, 4) is 6.07 Å². The summed E-state index contributed by atoms with van der Waals surface area (Å²) in [6.45, 7) is 1.62. The van der Waals surface area contributed by atoms with Crippen LogP contribution in [-0.2, 0) is 19.3 Å². The van der Waals surface area contributed by atoms with Gasteiger partial charge in [0.25, 0.3) is 0 Å². The number of allylic oxidation sites excluding steroid dienone is 1. The average Bonchev–Trinajstić information content (AvgIpc) is 3.51. The van der Waals surface area contributed by atoms with Gasteiger partial charge in [0, 0.05) is 48.4 Å². The summed E-state index contributed by atoms with van der Waals surface area (Å²) < 4.78 is 0. The number of aliphatic hydroxyl groups is 1. The Balaban J connectivity index is 1.06. The van der Waals surface area contributed by atoms with E-state index in [9.17, 15) is 20.0 Å². The first-order valence-corrected chi connectivity index (χ1v) is 14.7. The van der Waals surface area contributed by atoms with Crippen LogP contribution in [0.15, 0.2) is 91.0 Å². The van der Waals surface area contributed by atoms with Crippen molar-refractivity contribution in [1.82, 2.24) is 0 Å². The second-order valence-electron chi connectivity index (χ2n) is 11.3. The van der Waals surface area contributed by atoms with Crippen LogP contribution in [0.1, 0.15) is 61.4 Å². The van der Waals surface area contributed by atoms with Crippen molar-refractivity contribution in [3.63, 3.8) is 0 Å². The highest BCUT2D eigenvalue weighted by Crippen LogP contribution is 2.25. The fraction of sp³-hybridized carbons (Fsp3) is 0.216. The summed E-state index contributed by atoms with van der Waals surface area (Å²) in [7, 11) is 0. The topological polar surface area (TPSA) is 93.4 Å². The third-order valence-electron chi connectivity index (χ3n) is 8.29. The number of anilines is 3. The second-order valence-corrected chi connectivity index (χ2v) is 11.3. The van der Waals surface area contributed by atoms with Crippen LogP contribution in [0.2, 0.25) is 0 Å². The van der Waals surface area contributed by atoms with Crippen LogP contribution in [-0.4, -0.2) is 35.9 Å². The van der Waals surface area contributed by atoms with E-state index < -0.39 is 0 Å². The Kier molecular flexibility index (Phi) is 8.17. The van der Waals surface area contributed by atoms with E-state index >= 15 is 0 Å². The number of rotatable bonds is 9. The van der Waals surface area contributed by atoms with Gasteiger partial charge in [-0.25, -0.2) is 0 Å². The van der Waals surface area contributed by atoms with Gasteiger partial charge in [0.1, 0.15) is 6.07 Å². The van der Waals surface area contributed by atoms with Gasteiger partial charge >= 0.3 is 0 Å². The molecule has 0 amide bonds. The molecular weight excluding hydrogens is 534 g/mol. The number of carbonyl (C=O) groups excluding carboxylic acids is 2. The number of hydrogen-bond acceptors (Lipinski definition) is 6. The predicted octanol–water partition coefficient (Wildman–Crippen LogP) is 6.68. The van der Waals surface area contributed by atoms with Crippen molar-refractivity contribution in [2.75, 3.05) is 23.3 Å². The van der Waals surface area contributed by atoms with Crippen molar-refractivity contribution in [1.29, 1.82) is 5.26 Å². The molecule has 1 fully saturated rings. The van der Waals surface area contributed by atoms with Gasteiger partial charge in [-0.05, 0) is 96.1 Å². The first kappa shape index (κ1) is 28.1. The Bertz CT molecular complexity index is 1720. The zero-order valence-electron chi connectivity index (χ0n) is 23.9. The third-order valence-corrected chi connectivity index (χ3v) is 8.29. The lowest BCUT2D eigenvalue weighted by atomic mass is 9.99. The van der Waals surface area contributed by atoms with Gasteiger partial charge in [-0.3, -0.25) is 9.59 Å². The molecule has 0 spiro atoms. The molecule has 2 aliphatic rings. The summed E-state index contributed by atoms with van der Waals surface area (Å²) in [6.07, 6.45) is 6.91. The van der Waals surface area contributed by atoms with Crippen LogP contribution in [0.25, 0.3) is 6.08 Å². The molecular formula is C37H33N3O3.